The molecule has 9 nitrogen and oxygen atoms in total. The third-order valence-corrected chi connectivity index (χ3v) is 10.6. The number of ether oxygens (including phenoxy) is 2. The first-order chi connectivity index (χ1) is 28.3. The number of carbonyl (C=O) groups excluding carboxylic acids is 1. The zero-order chi connectivity index (χ0) is 42.3. The van der Waals surface area contributed by atoms with Crippen LogP contribution in [0.25, 0.3) is 0 Å². The van der Waals surface area contributed by atoms with E-state index in [2.05, 4.69) is 67.8 Å². The van der Waals surface area contributed by atoms with Gasteiger partial charge >= 0.3 is 0 Å². The number of amides is 1. The Labute approximate surface area is 353 Å². The quantitative estimate of drug-likeness (QED) is 0.0268. The van der Waals surface area contributed by atoms with Crippen LogP contribution in [0.5, 0.6) is 0 Å². The first kappa shape index (κ1) is 53.6. The van der Waals surface area contributed by atoms with Gasteiger partial charge in [-0.2, -0.15) is 0 Å². The third-order valence-electron chi connectivity index (χ3n) is 10.6. The maximum Gasteiger partial charge on any atom is 0.224 e. The first-order valence-corrected chi connectivity index (χ1v) is 23.2. The molecule has 7 atom stereocenters. The molecule has 1 rings (SSSR count). The van der Waals surface area contributed by atoms with Gasteiger partial charge in [-0.15, -0.1) is 0 Å². The van der Waals surface area contributed by atoms with Crippen molar-refractivity contribution in [2.75, 3.05) is 13.2 Å². The van der Waals surface area contributed by atoms with Gasteiger partial charge in [-0.25, -0.2) is 0 Å². The van der Waals surface area contributed by atoms with E-state index in [1.807, 2.05) is 12.2 Å². The molecule has 1 heterocycles. The molecule has 0 bridgehead atoms. The van der Waals surface area contributed by atoms with Crippen LogP contribution in [-0.2, 0) is 14.3 Å². The van der Waals surface area contributed by atoms with E-state index in [-0.39, 0.29) is 18.9 Å². The predicted octanol–water partition coefficient (Wildman–Crippen LogP) is 9.78. The van der Waals surface area contributed by atoms with E-state index in [9.17, 15) is 30.3 Å². The molecule has 334 valence electrons. The second-order valence-electron chi connectivity index (χ2n) is 15.8. The van der Waals surface area contributed by atoms with Gasteiger partial charge in [0.15, 0.2) is 6.29 Å². The fourth-order valence-corrected chi connectivity index (χ4v) is 6.87. The minimum Gasteiger partial charge on any atom is -0.394 e. The molecule has 0 radical (unpaired) electrons. The molecule has 0 aromatic rings. The summed E-state index contributed by atoms with van der Waals surface area (Å²) >= 11 is 0. The molecule has 7 unspecified atom stereocenters. The highest BCUT2D eigenvalue weighted by Crippen LogP contribution is 2.22. The van der Waals surface area contributed by atoms with Crippen molar-refractivity contribution in [3.63, 3.8) is 0 Å². The van der Waals surface area contributed by atoms with Gasteiger partial charge in [0.05, 0.1) is 25.4 Å². The molecular weight excluding hydrogens is 731 g/mol. The van der Waals surface area contributed by atoms with E-state index >= 15 is 0 Å². The number of allylic oxidation sites excluding steroid dienone is 10. The van der Waals surface area contributed by atoms with Gasteiger partial charge in [-0.1, -0.05) is 196 Å². The number of aliphatic hydroxyl groups is 5. The van der Waals surface area contributed by atoms with Crippen LogP contribution in [0.2, 0.25) is 0 Å². The Balaban J connectivity index is 2.41. The number of carbonyl (C=O) groups is 1. The number of hydrogen-bond donors (Lipinski definition) is 6. The van der Waals surface area contributed by atoms with Gasteiger partial charge in [-0.05, 0) is 44.9 Å². The predicted molar refractivity (Wildman–Crippen MR) is 239 cm³/mol. The number of nitrogens with one attached hydrogen (secondary N) is 1. The van der Waals surface area contributed by atoms with Crippen LogP contribution in [0.4, 0.5) is 0 Å². The van der Waals surface area contributed by atoms with E-state index in [0.717, 1.165) is 44.9 Å². The topological polar surface area (TPSA) is 149 Å². The van der Waals surface area contributed by atoms with Gasteiger partial charge < -0.3 is 40.3 Å². The molecular formula is C49H85NO8. The van der Waals surface area contributed by atoms with Crippen molar-refractivity contribution >= 4 is 5.91 Å². The van der Waals surface area contributed by atoms with Crippen molar-refractivity contribution in [3.8, 4) is 0 Å². The number of aliphatic hydroxyl groups excluding tert-OH is 5. The summed E-state index contributed by atoms with van der Waals surface area (Å²) in [6.07, 6.45) is 45.4. The SMILES string of the molecule is CC/C=C\C/C=C\C/C=C\C/C=C\C/C=C\CC(=O)NC(COC1OC(CO)C(O)C(O)C1O)C(O)/C=C/CCCCCCCCCCCCCCCCCCCC. The van der Waals surface area contributed by atoms with Gasteiger partial charge in [0.2, 0.25) is 5.91 Å². The molecule has 1 fully saturated rings. The van der Waals surface area contributed by atoms with Crippen molar-refractivity contribution in [3.05, 3.63) is 72.9 Å². The summed E-state index contributed by atoms with van der Waals surface area (Å²) in [7, 11) is 0. The van der Waals surface area contributed by atoms with Crippen LogP contribution in [-0.4, -0.2) is 87.5 Å². The average Bonchev–Trinajstić information content (AvgIpc) is 3.22. The van der Waals surface area contributed by atoms with Crippen molar-refractivity contribution in [1.29, 1.82) is 0 Å². The average molecular weight is 816 g/mol. The normalized spacial score (nSPS) is 21.5. The van der Waals surface area contributed by atoms with Crippen LogP contribution < -0.4 is 5.32 Å². The molecule has 9 heteroatoms. The molecule has 0 spiro atoms. The lowest BCUT2D eigenvalue weighted by molar-refractivity contribution is -0.302. The van der Waals surface area contributed by atoms with Crippen LogP contribution >= 0.6 is 0 Å². The molecule has 1 aliphatic heterocycles. The Hall–Kier alpha value is -2.37. The lowest BCUT2D eigenvalue weighted by Gasteiger charge is -2.40. The molecule has 58 heavy (non-hydrogen) atoms. The van der Waals surface area contributed by atoms with E-state index in [1.165, 1.54) is 103 Å². The summed E-state index contributed by atoms with van der Waals surface area (Å²) in [5, 5.41) is 54.1. The van der Waals surface area contributed by atoms with Crippen LogP contribution in [0.1, 0.15) is 174 Å². The Morgan fingerprint density at radius 2 is 1.05 bits per heavy atom. The third kappa shape index (κ3) is 29.0. The molecule has 1 aliphatic rings. The Bertz CT molecular complexity index is 1130. The Morgan fingerprint density at radius 1 is 0.603 bits per heavy atom. The summed E-state index contributed by atoms with van der Waals surface area (Å²) in [6, 6.07) is -0.862. The van der Waals surface area contributed by atoms with E-state index < -0.39 is 49.5 Å². The maximum absolute atomic E-state index is 12.9. The summed E-state index contributed by atoms with van der Waals surface area (Å²) in [5.41, 5.74) is 0. The van der Waals surface area contributed by atoms with Gasteiger partial charge in [-0.3, -0.25) is 4.79 Å². The van der Waals surface area contributed by atoms with Crippen LogP contribution in [0.3, 0.4) is 0 Å². The van der Waals surface area contributed by atoms with Crippen LogP contribution in [0, 0.1) is 0 Å². The van der Waals surface area contributed by atoms with Gasteiger partial charge in [0, 0.05) is 6.42 Å². The molecule has 6 N–H and O–H groups in total. The highest BCUT2D eigenvalue weighted by Gasteiger charge is 2.44. The van der Waals surface area contributed by atoms with Crippen molar-refractivity contribution < 1.29 is 39.8 Å². The summed E-state index contributed by atoms with van der Waals surface area (Å²) < 4.78 is 11.2. The first-order valence-electron chi connectivity index (χ1n) is 23.2. The largest absolute Gasteiger partial charge is 0.394 e. The van der Waals surface area contributed by atoms with E-state index in [1.54, 1.807) is 12.2 Å². The molecule has 1 saturated heterocycles. The van der Waals surface area contributed by atoms with Crippen molar-refractivity contribution in [2.45, 2.75) is 217 Å². The van der Waals surface area contributed by atoms with Crippen LogP contribution in [0.15, 0.2) is 72.9 Å². The monoisotopic (exact) mass is 816 g/mol. The molecule has 1 amide bonds. The standard InChI is InChI=1S/C49H85NO8/c1-3-5-7-9-11-13-15-17-19-20-21-22-23-25-26-28-30-32-34-36-38-43(52)42(41-57-49-48(56)47(55)46(54)44(40-51)58-49)50-45(53)39-37-35-33-31-29-27-24-18-16-14-12-10-8-6-4-2/h6,8,12,14,18,24,29,31,35-38,42-44,46-49,51-52,54-56H,3-5,7,9-11,13,15-17,19-23,25-28,30,32-34,39-41H2,1-2H3,(H,50,53)/b8-6-,14-12-,24-18-,31-29-,37-35-,38-36+. The Morgan fingerprint density at radius 3 is 1.52 bits per heavy atom. The van der Waals surface area contributed by atoms with Gasteiger partial charge in [0.1, 0.15) is 24.4 Å². The minimum atomic E-state index is -1.58. The second-order valence-corrected chi connectivity index (χ2v) is 15.8. The fraction of sp³-hybridized carbons (Fsp3) is 0.735. The molecule has 0 aromatic carbocycles. The smallest absolute Gasteiger partial charge is 0.224 e. The maximum atomic E-state index is 12.9. The van der Waals surface area contributed by atoms with Crippen molar-refractivity contribution in [2.24, 2.45) is 0 Å². The number of rotatable bonds is 37. The highest BCUT2D eigenvalue weighted by atomic mass is 16.7. The fourth-order valence-electron chi connectivity index (χ4n) is 6.87. The summed E-state index contributed by atoms with van der Waals surface area (Å²) in [5.74, 6) is -0.306. The number of unbranched alkanes of at least 4 members (excludes halogenated alkanes) is 18. The lowest BCUT2D eigenvalue weighted by Crippen LogP contribution is -2.60. The summed E-state index contributed by atoms with van der Waals surface area (Å²) in [4.78, 5) is 12.9. The van der Waals surface area contributed by atoms with E-state index in [4.69, 9.17) is 9.47 Å². The van der Waals surface area contributed by atoms with Crippen molar-refractivity contribution in [1.82, 2.24) is 5.32 Å². The van der Waals surface area contributed by atoms with Gasteiger partial charge in [0.25, 0.3) is 0 Å². The number of hydrogen-bond acceptors (Lipinski definition) is 8. The zero-order valence-corrected chi connectivity index (χ0v) is 36.5. The lowest BCUT2D eigenvalue weighted by atomic mass is 9.99. The highest BCUT2D eigenvalue weighted by molar-refractivity contribution is 5.77. The zero-order valence-electron chi connectivity index (χ0n) is 36.5. The minimum absolute atomic E-state index is 0.111. The molecule has 0 saturated carbocycles. The molecule has 0 aromatic heterocycles. The Kier molecular flexibility index (Phi) is 35.9. The second kappa shape index (κ2) is 38.8. The molecule has 0 aliphatic carbocycles. The summed E-state index contributed by atoms with van der Waals surface area (Å²) in [6.45, 7) is 3.59. The van der Waals surface area contributed by atoms with E-state index in [0.29, 0.717) is 6.42 Å².